The predicted octanol–water partition coefficient (Wildman–Crippen LogP) is 1.17. The van der Waals surface area contributed by atoms with Gasteiger partial charge in [-0.15, -0.1) is 0 Å². The van der Waals surface area contributed by atoms with E-state index in [0.717, 1.165) is 5.76 Å². The van der Waals surface area contributed by atoms with E-state index in [9.17, 15) is 8.42 Å². The van der Waals surface area contributed by atoms with Crippen molar-refractivity contribution in [3.63, 3.8) is 0 Å². The molecule has 19 heavy (non-hydrogen) atoms. The first-order valence-corrected chi connectivity index (χ1v) is 7.22. The average Bonchev–Trinajstić information content (AvgIpc) is 2.81. The number of nitrogen functional groups attached to an aromatic ring is 1. The Morgan fingerprint density at radius 2 is 2.21 bits per heavy atom. The van der Waals surface area contributed by atoms with Crippen LogP contribution < -0.4 is 10.5 Å². The van der Waals surface area contributed by atoms with E-state index in [1.165, 1.54) is 18.3 Å². The second-order valence-corrected chi connectivity index (χ2v) is 5.94. The summed E-state index contributed by atoms with van der Waals surface area (Å²) in [7, 11) is -3.59. The Morgan fingerprint density at radius 3 is 2.79 bits per heavy atom. The largest absolute Gasteiger partial charge is 0.469 e. The summed E-state index contributed by atoms with van der Waals surface area (Å²) in [4.78, 5) is 3.86. The Morgan fingerprint density at radius 1 is 1.42 bits per heavy atom. The number of furan rings is 1. The SMILES string of the molecule is CC(Cc1ccco1)NS(=O)(=O)c1ccc(N)nc1. The fraction of sp³-hybridized carbons (Fsp3) is 0.250. The van der Waals surface area contributed by atoms with E-state index in [0.29, 0.717) is 6.42 Å². The second kappa shape index (κ2) is 5.41. The first kappa shape index (κ1) is 13.6. The number of rotatable bonds is 5. The fourth-order valence-electron chi connectivity index (χ4n) is 1.66. The molecule has 2 aromatic rings. The molecular formula is C12H15N3O3S. The van der Waals surface area contributed by atoms with Gasteiger partial charge in [0.2, 0.25) is 10.0 Å². The highest BCUT2D eigenvalue weighted by atomic mass is 32.2. The number of anilines is 1. The van der Waals surface area contributed by atoms with Gasteiger partial charge in [0.1, 0.15) is 16.5 Å². The van der Waals surface area contributed by atoms with Crippen molar-refractivity contribution in [1.29, 1.82) is 0 Å². The van der Waals surface area contributed by atoms with Crippen LogP contribution in [-0.4, -0.2) is 19.4 Å². The third kappa shape index (κ3) is 3.55. The van der Waals surface area contributed by atoms with Crippen molar-refractivity contribution in [2.45, 2.75) is 24.3 Å². The van der Waals surface area contributed by atoms with Crippen molar-refractivity contribution in [2.75, 3.05) is 5.73 Å². The van der Waals surface area contributed by atoms with E-state index in [2.05, 4.69) is 9.71 Å². The molecule has 0 aromatic carbocycles. The molecule has 0 spiro atoms. The first-order valence-electron chi connectivity index (χ1n) is 5.73. The highest BCUT2D eigenvalue weighted by Crippen LogP contribution is 2.11. The topological polar surface area (TPSA) is 98.2 Å². The number of nitrogens with two attached hydrogens (primary N) is 1. The monoisotopic (exact) mass is 281 g/mol. The predicted molar refractivity (Wildman–Crippen MR) is 70.8 cm³/mol. The minimum atomic E-state index is -3.59. The number of aromatic nitrogens is 1. The van der Waals surface area contributed by atoms with Gasteiger partial charge in [-0.2, -0.15) is 0 Å². The van der Waals surface area contributed by atoms with Gasteiger partial charge < -0.3 is 10.2 Å². The lowest BCUT2D eigenvalue weighted by molar-refractivity contribution is 0.479. The van der Waals surface area contributed by atoms with Gasteiger partial charge in [-0.25, -0.2) is 18.1 Å². The van der Waals surface area contributed by atoms with Crippen LogP contribution in [0.4, 0.5) is 5.82 Å². The van der Waals surface area contributed by atoms with E-state index in [4.69, 9.17) is 10.2 Å². The quantitative estimate of drug-likeness (QED) is 0.857. The highest BCUT2D eigenvalue weighted by molar-refractivity contribution is 7.89. The normalized spacial score (nSPS) is 13.3. The summed E-state index contributed by atoms with van der Waals surface area (Å²) in [5.41, 5.74) is 5.42. The number of nitrogens with one attached hydrogen (secondary N) is 1. The Labute approximate surface area is 111 Å². The molecule has 2 aromatic heterocycles. The first-order chi connectivity index (χ1) is 8.97. The summed E-state index contributed by atoms with van der Waals surface area (Å²) in [5.74, 6) is 1.01. The molecule has 0 saturated heterocycles. The molecule has 102 valence electrons. The summed E-state index contributed by atoms with van der Waals surface area (Å²) in [6.07, 6.45) is 3.27. The van der Waals surface area contributed by atoms with Crippen LogP contribution in [-0.2, 0) is 16.4 Å². The van der Waals surface area contributed by atoms with Crippen LogP contribution in [0.25, 0.3) is 0 Å². The molecule has 0 amide bonds. The maximum absolute atomic E-state index is 12.1. The summed E-state index contributed by atoms with van der Waals surface area (Å²) in [5, 5.41) is 0. The van der Waals surface area contributed by atoms with E-state index in [1.54, 1.807) is 25.3 Å². The number of hydrogen-bond acceptors (Lipinski definition) is 5. The molecule has 0 saturated carbocycles. The van der Waals surface area contributed by atoms with Gasteiger partial charge in [-0.3, -0.25) is 0 Å². The van der Waals surface area contributed by atoms with Gasteiger partial charge >= 0.3 is 0 Å². The molecule has 2 heterocycles. The standard InChI is InChI=1S/C12H15N3O3S/c1-9(7-10-3-2-6-18-10)15-19(16,17)11-4-5-12(13)14-8-11/h2-6,8-9,15H,7H2,1H3,(H2,13,14). The zero-order valence-corrected chi connectivity index (χ0v) is 11.2. The molecule has 7 heteroatoms. The smallest absolute Gasteiger partial charge is 0.242 e. The third-order valence-corrected chi connectivity index (χ3v) is 4.09. The van der Waals surface area contributed by atoms with Crippen molar-refractivity contribution < 1.29 is 12.8 Å². The molecule has 2 rings (SSSR count). The van der Waals surface area contributed by atoms with Crippen LogP contribution in [0.15, 0.2) is 46.0 Å². The Hall–Kier alpha value is -1.86. The van der Waals surface area contributed by atoms with Crippen molar-refractivity contribution >= 4 is 15.8 Å². The van der Waals surface area contributed by atoms with Crippen LogP contribution in [0, 0.1) is 0 Å². The van der Waals surface area contributed by atoms with E-state index >= 15 is 0 Å². The minimum absolute atomic E-state index is 0.0907. The molecule has 0 aliphatic heterocycles. The molecule has 1 unspecified atom stereocenters. The number of hydrogen-bond donors (Lipinski definition) is 2. The molecule has 1 atom stereocenters. The fourth-order valence-corrected chi connectivity index (χ4v) is 2.84. The van der Waals surface area contributed by atoms with Crippen LogP contribution >= 0.6 is 0 Å². The Bertz CT molecular complexity index is 621. The van der Waals surface area contributed by atoms with Gasteiger partial charge in [0.05, 0.1) is 6.26 Å². The third-order valence-electron chi connectivity index (χ3n) is 2.51. The number of sulfonamides is 1. The lowest BCUT2D eigenvalue weighted by atomic mass is 10.2. The number of pyridine rings is 1. The maximum Gasteiger partial charge on any atom is 0.242 e. The van der Waals surface area contributed by atoms with E-state index in [-0.39, 0.29) is 16.8 Å². The molecule has 0 bridgehead atoms. The van der Waals surface area contributed by atoms with Gasteiger partial charge in [-0.05, 0) is 31.2 Å². The Balaban J connectivity index is 2.06. The van der Waals surface area contributed by atoms with E-state index < -0.39 is 10.0 Å². The number of nitrogens with zero attached hydrogens (tertiary/aromatic N) is 1. The van der Waals surface area contributed by atoms with Crippen molar-refractivity contribution in [3.8, 4) is 0 Å². The zero-order chi connectivity index (χ0) is 13.9. The lowest BCUT2D eigenvalue weighted by Crippen LogP contribution is -2.34. The molecule has 0 fully saturated rings. The molecule has 0 aliphatic rings. The summed E-state index contributed by atoms with van der Waals surface area (Å²) < 4.78 is 31.9. The molecule has 0 radical (unpaired) electrons. The van der Waals surface area contributed by atoms with Gasteiger partial charge in [0, 0.05) is 18.7 Å². The summed E-state index contributed by atoms with van der Waals surface area (Å²) >= 11 is 0. The van der Waals surface area contributed by atoms with Crippen molar-refractivity contribution in [1.82, 2.24) is 9.71 Å². The van der Waals surface area contributed by atoms with Gasteiger partial charge in [0.15, 0.2) is 0 Å². The summed E-state index contributed by atoms with van der Waals surface area (Å²) in [6, 6.07) is 6.15. The maximum atomic E-state index is 12.1. The van der Waals surface area contributed by atoms with Crippen LogP contribution in [0.5, 0.6) is 0 Å². The van der Waals surface area contributed by atoms with Gasteiger partial charge in [0.25, 0.3) is 0 Å². The van der Waals surface area contributed by atoms with Crippen molar-refractivity contribution in [3.05, 3.63) is 42.5 Å². The highest BCUT2D eigenvalue weighted by Gasteiger charge is 2.18. The van der Waals surface area contributed by atoms with Crippen LogP contribution in [0.3, 0.4) is 0 Å². The molecule has 3 N–H and O–H groups in total. The molecular weight excluding hydrogens is 266 g/mol. The molecule has 0 aliphatic carbocycles. The lowest BCUT2D eigenvalue weighted by Gasteiger charge is -2.12. The van der Waals surface area contributed by atoms with Gasteiger partial charge in [-0.1, -0.05) is 0 Å². The summed E-state index contributed by atoms with van der Waals surface area (Å²) in [6.45, 7) is 1.77. The zero-order valence-electron chi connectivity index (χ0n) is 10.4. The van der Waals surface area contributed by atoms with Crippen molar-refractivity contribution in [2.24, 2.45) is 0 Å². The van der Waals surface area contributed by atoms with E-state index in [1.807, 2.05) is 0 Å². The average molecular weight is 281 g/mol. The Kier molecular flexibility index (Phi) is 3.87. The van der Waals surface area contributed by atoms with Crippen LogP contribution in [0.1, 0.15) is 12.7 Å². The molecule has 6 nitrogen and oxygen atoms in total. The second-order valence-electron chi connectivity index (χ2n) is 4.22. The van der Waals surface area contributed by atoms with Crippen LogP contribution in [0.2, 0.25) is 0 Å². The minimum Gasteiger partial charge on any atom is -0.469 e.